The topological polar surface area (TPSA) is 114 Å². The molecule has 0 heterocycles. The van der Waals surface area contributed by atoms with Crippen LogP contribution in [-0.4, -0.2) is 38.4 Å². The monoisotopic (exact) mass is 543 g/mol. The van der Waals surface area contributed by atoms with Crippen molar-refractivity contribution in [2.24, 2.45) is 0 Å². The lowest BCUT2D eigenvalue weighted by molar-refractivity contribution is -0.114. The van der Waals surface area contributed by atoms with Gasteiger partial charge in [-0.05, 0) is 67.4 Å². The normalized spacial score (nSPS) is 12.9. The number of nitrogens with one attached hydrogen (secondary N) is 2. The average molecular weight is 544 g/mol. The van der Waals surface area contributed by atoms with E-state index < -0.39 is 10.1 Å². The molecule has 11 heteroatoms. The molecular weight excluding hydrogens is 518 g/mol. The predicted molar refractivity (Wildman–Crippen MR) is 141 cm³/mol. The van der Waals surface area contributed by atoms with Crippen LogP contribution in [-0.2, 0) is 21.5 Å². The SMILES string of the molecule is COc1ccccc1NC(=O)N(Cc1cc(Cl)ccc1OS(=O)(=O)c1ccc(NC(C)=O)cc1)C1CC1. The molecule has 0 saturated heterocycles. The van der Waals surface area contributed by atoms with Crippen molar-refractivity contribution in [2.45, 2.75) is 37.2 Å². The van der Waals surface area contributed by atoms with E-state index in [4.69, 9.17) is 20.5 Å². The summed E-state index contributed by atoms with van der Waals surface area (Å²) in [6, 6.07) is 16.9. The first-order chi connectivity index (χ1) is 17.7. The molecule has 1 saturated carbocycles. The minimum atomic E-state index is -4.20. The standard InChI is InChI=1S/C26H26ClN3O6S/c1-17(31)28-20-8-12-22(13-9-20)37(33,34)36-24-14-7-19(27)15-18(24)16-30(21-10-11-21)26(32)29-23-5-3-4-6-25(23)35-2/h3-9,12-15,21H,10-11,16H2,1-2H3,(H,28,31)(H,29,32). The fourth-order valence-electron chi connectivity index (χ4n) is 3.70. The van der Waals surface area contributed by atoms with Gasteiger partial charge in [-0.2, -0.15) is 8.42 Å². The number of rotatable bonds is 9. The molecule has 37 heavy (non-hydrogen) atoms. The first kappa shape index (κ1) is 26.3. The third-order valence-corrected chi connectivity index (χ3v) is 7.11. The number of hydrogen-bond donors (Lipinski definition) is 2. The Morgan fingerprint density at radius 1 is 1.00 bits per heavy atom. The minimum Gasteiger partial charge on any atom is -0.495 e. The highest BCUT2D eigenvalue weighted by Crippen LogP contribution is 2.34. The molecule has 9 nitrogen and oxygen atoms in total. The van der Waals surface area contributed by atoms with E-state index in [1.165, 1.54) is 50.4 Å². The summed E-state index contributed by atoms with van der Waals surface area (Å²) in [7, 11) is -2.68. The van der Waals surface area contributed by atoms with E-state index in [1.54, 1.807) is 35.2 Å². The zero-order valence-electron chi connectivity index (χ0n) is 20.2. The molecule has 0 spiro atoms. The van der Waals surface area contributed by atoms with Gasteiger partial charge in [0.2, 0.25) is 5.91 Å². The van der Waals surface area contributed by atoms with Gasteiger partial charge in [-0.1, -0.05) is 23.7 Å². The van der Waals surface area contributed by atoms with Crippen LogP contribution in [0.15, 0.2) is 71.6 Å². The molecule has 3 aromatic carbocycles. The summed E-state index contributed by atoms with van der Waals surface area (Å²) in [6.07, 6.45) is 1.66. The molecule has 194 valence electrons. The van der Waals surface area contributed by atoms with Gasteiger partial charge in [0, 0.05) is 29.2 Å². The number of methoxy groups -OCH3 is 1. The molecule has 3 amide bonds. The van der Waals surface area contributed by atoms with E-state index in [0.717, 1.165) is 12.8 Å². The summed E-state index contributed by atoms with van der Waals surface area (Å²) >= 11 is 6.22. The minimum absolute atomic E-state index is 0.000494. The molecular formula is C26H26ClN3O6S. The molecule has 4 rings (SSSR count). The maximum Gasteiger partial charge on any atom is 0.339 e. The lowest BCUT2D eigenvalue weighted by Gasteiger charge is -2.24. The molecule has 0 aliphatic heterocycles. The maximum atomic E-state index is 13.2. The van der Waals surface area contributed by atoms with E-state index >= 15 is 0 Å². The summed E-state index contributed by atoms with van der Waals surface area (Å²) in [6.45, 7) is 1.44. The second-order valence-electron chi connectivity index (χ2n) is 8.48. The molecule has 1 fully saturated rings. The van der Waals surface area contributed by atoms with Crippen molar-refractivity contribution in [1.29, 1.82) is 0 Å². The molecule has 1 aliphatic carbocycles. The molecule has 0 atom stereocenters. The summed E-state index contributed by atoms with van der Waals surface area (Å²) in [5, 5.41) is 5.83. The van der Waals surface area contributed by atoms with Gasteiger partial charge in [-0.15, -0.1) is 0 Å². The number of para-hydroxylation sites is 2. The summed E-state index contributed by atoms with van der Waals surface area (Å²) in [5.41, 5.74) is 1.42. The zero-order chi connectivity index (χ0) is 26.6. The number of ether oxygens (including phenoxy) is 1. The highest BCUT2D eigenvalue weighted by atomic mass is 35.5. The first-order valence-corrected chi connectivity index (χ1v) is 13.3. The lowest BCUT2D eigenvalue weighted by atomic mass is 10.2. The number of hydrogen-bond acceptors (Lipinski definition) is 6. The van der Waals surface area contributed by atoms with Crippen molar-refractivity contribution in [3.05, 3.63) is 77.3 Å². The van der Waals surface area contributed by atoms with Crippen molar-refractivity contribution < 1.29 is 26.9 Å². The predicted octanol–water partition coefficient (Wildman–Crippen LogP) is 5.27. The van der Waals surface area contributed by atoms with Crippen LogP contribution >= 0.6 is 11.6 Å². The lowest BCUT2D eigenvalue weighted by Crippen LogP contribution is -2.36. The van der Waals surface area contributed by atoms with Gasteiger partial charge in [-0.3, -0.25) is 4.79 Å². The van der Waals surface area contributed by atoms with Gasteiger partial charge in [0.1, 0.15) is 16.4 Å². The Labute approximate surface area is 220 Å². The molecule has 0 bridgehead atoms. The van der Waals surface area contributed by atoms with Crippen LogP contribution in [0.25, 0.3) is 0 Å². The van der Waals surface area contributed by atoms with E-state index in [1.807, 2.05) is 0 Å². The van der Waals surface area contributed by atoms with Crippen LogP contribution in [0.1, 0.15) is 25.3 Å². The summed E-state index contributed by atoms with van der Waals surface area (Å²) in [4.78, 5) is 26.0. The average Bonchev–Trinajstić information content (AvgIpc) is 3.69. The second-order valence-corrected chi connectivity index (χ2v) is 10.5. The van der Waals surface area contributed by atoms with Crippen molar-refractivity contribution in [2.75, 3.05) is 17.7 Å². The number of carbonyl (C=O) groups excluding carboxylic acids is 2. The molecule has 3 aromatic rings. The fraction of sp³-hybridized carbons (Fsp3) is 0.231. The van der Waals surface area contributed by atoms with Crippen LogP contribution in [0.3, 0.4) is 0 Å². The van der Waals surface area contributed by atoms with Crippen molar-refractivity contribution in [3.8, 4) is 11.5 Å². The Bertz CT molecular complexity index is 1410. The second kappa shape index (κ2) is 11.1. The Hall–Kier alpha value is -3.76. The van der Waals surface area contributed by atoms with Gasteiger partial charge in [0.25, 0.3) is 0 Å². The van der Waals surface area contributed by atoms with Crippen molar-refractivity contribution in [1.82, 2.24) is 4.90 Å². The highest BCUT2D eigenvalue weighted by molar-refractivity contribution is 7.87. The van der Waals surface area contributed by atoms with Gasteiger partial charge in [0.15, 0.2) is 0 Å². The van der Waals surface area contributed by atoms with Crippen molar-refractivity contribution in [3.63, 3.8) is 0 Å². The van der Waals surface area contributed by atoms with Gasteiger partial charge >= 0.3 is 16.1 Å². The Balaban J connectivity index is 1.56. The van der Waals surface area contributed by atoms with Crippen molar-refractivity contribution >= 4 is 45.0 Å². The quantitative estimate of drug-likeness (QED) is 0.355. The van der Waals surface area contributed by atoms with Crippen LogP contribution in [0.5, 0.6) is 11.5 Å². The largest absolute Gasteiger partial charge is 0.495 e. The fourth-order valence-corrected chi connectivity index (χ4v) is 4.86. The van der Waals surface area contributed by atoms with Crippen LogP contribution < -0.4 is 19.6 Å². The molecule has 0 unspecified atom stereocenters. The number of anilines is 2. The van der Waals surface area contributed by atoms with Crippen LogP contribution in [0, 0.1) is 0 Å². The summed E-state index contributed by atoms with van der Waals surface area (Å²) in [5.74, 6) is 0.313. The van der Waals surface area contributed by atoms with Gasteiger partial charge < -0.3 is 24.5 Å². The van der Waals surface area contributed by atoms with Gasteiger partial charge in [-0.25, -0.2) is 4.79 Å². The Morgan fingerprint density at radius 3 is 2.35 bits per heavy atom. The third-order valence-electron chi connectivity index (χ3n) is 5.62. The highest BCUT2D eigenvalue weighted by Gasteiger charge is 2.34. The number of benzene rings is 3. The van der Waals surface area contributed by atoms with E-state index in [0.29, 0.717) is 27.7 Å². The van der Waals surface area contributed by atoms with Gasteiger partial charge in [0.05, 0.1) is 19.3 Å². The van der Waals surface area contributed by atoms with Crippen LogP contribution in [0.2, 0.25) is 5.02 Å². The molecule has 1 aliphatic rings. The summed E-state index contributed by atoms with van der Waals surface area (Å²) < 4.78 is 36.8. The smallest absolute Gasteiger partial charge is 0.339 e. The Morgan fingerprint density at radius 2 is 1.70 bits per heavy atom. The number of carbonyl (C=O) groups is 2. The number of amides is 3. The number of nitrogens with zero attached hydrogens (tertiary/aromatic N) is 1. The zero-order valence-corrected chi connectivity index (χ0v) is 21.8. The molecule has 0 aromatic heterocycles. The van der Waals surface area contributed by atoms with E-state index in [-0.39, 0.29) is 35.2 Å². The maximum absolute atomic E-state index is 13.2. The van der Waals surface area contributed by atoms with E-state index in [2.05, 4.69) is 10.6 Å². The number of urea groups is 1. The number of halogens is 1. The third kappa shape index (κ3) is 6.72. The molecule has 2 N–H and O–H groups in total. The first-order valence-electron chi connectivity index (χ1n) is 11.5. The van der Waals surface area contributed by atoms with E-state index in [9.17, 15) is 18.0 Å². The van der Waals surface area contributed by atoms with Crippen LogP contribution in [0.4, 0.5) is 16.2 Å². The Kier molecular flexibility index (Phi) is 7.89. The molecule has 0 radical (unpaired) electrons.